The van der Waals surface area contributed by atoms with Crippen molar-refractivity contribution in [2.24, 2.45) is 0 Å². The molecule has 0 heterocycles. The Morgan fingerprint density at radius 3 is 2.60 bits per heavy atom. The summed E-state index contributed by atoms with van der Waals surface area (Å²) < 4.78 is 9.95. The molecule has 1 amide bonds. The van der Waals surface area contributed by atoms with E-state index in [0.717, 1.165) is 16.9 Å². The van der Waals surface area contributed by atoms with E-state index < -0.39 is 5.97 Å². The first-order valence-corrected chi connectivity index (χ1v) is 7.94. The average Bonchev–Trinajstić information content (AvgIpc) is 2.63. The van der Waals surface area contributed by atoms with Crippen LogP contribution in [-0.4, -0.2) is 25.6 Å². The molecule has 2 rings (SSSR count). The lowest BCUT2D eigenvalue weighted by molar-refractivity contribution is -0.143. The molecule has 0 aromatic heterocycles. The van der Waals surface area contributed by atoms with Gasteiger partial charge in [0.25, 0.3) is 5.91 Å². The van der Waals surface area contributed by atoms with Gasteiger partial charge >= 0.3 is 5.97 Å². The third-order valence-electron chi connectivity index (χ3n) is 3.25. The van der Waals surface area contributed by atoms with Crippen molar-refractivity contribution in [3.8, 4) is 5.75 Å². The summed E-state index contributed by atoms with van der Waals surface area (Å²) in [7, 11) is 1.58. The molecular weight excluding hydrogens is 342 g/mol. The van der Waals surface area contributed by atoms with Crippen LogP contribution >= 0.6 is 11.6 Å². The zero-order valence-electron chi connectivity index (χ0n) is 13.7. The highest BCUT2D eigenvalue weighted by molar-refractivity contribution is 6.30. The van der Waals surface area contributed by atoms with E-state index in [1.54, 1.807) is 55.7 Å². The number of esters is 1. The van der Waals surface area contributed by atoms with Gasteiger partial charge in [0.05, 0.1) is 7.11 Å². The van der Waals surface area contributed by atoms with Gasteiger partial charge in [-0.1, -0.05) is 35.9 Å². The van der Waals surface area contributed by atoms with Gasteiger partial charge < -0.3 is 14.8 Å². The second-order valence-corrected chi connectivity index (χ2v) is 5.56. The number of ether oxygens (including phenoxy) is 2. The topological polar surface area (TPSA) is 64.6 Å². The molecule has 0 aliphatic heterocycles. The maximum atomic E-state index is 11.7. The van der Waals surface area contributed by atoms with E-state index in [1.165, 1.54) is 6.08 Å². The molecule has 0 spiro atoms. The van der Waals surface area contributed by atoms with E-state index in [4.69, 9.17) is 21.1 Å². The van der Waals surface area contributed by atoms with Crippen molar-refractivity contribution < 1.29 is 19.1 Å². The Morgan fingerprint density at radius 1 is 1.16 bits per heavy atom. The number of carbonyl (C=O) groups excluding carboxylic acids is 2. The average molecular weight is 360 g/mol. The van der Waals surface area contributed by atoms with E-state index in [-0.39, 0.29) is 12.5 Å². The van der Waals surface area contributed by atoms with Crippen LogP contribution in [0.1, 0.15) is 11.1 Å². The summed E-state index contributed by atoms with van der Waals surface area (Å²) in [6.45, 7) is -0.0228. The monoisotopic (exact) mass is 359 g/mol. The van der Waals surface area contributed by atoms with Gasteiger partial charge in [-0.05, 0) is 41.5 Å². The summed E-state index contributed by atoms with van der Waals surface area (Å²) >= 11 is 5.87. The summed E-state index contributed by atoms with van der Waals surface area (Å²) in [5.41, 5.74) is 1.69. The largest absolute Gasteiger partial charge is 0.497 e. The van der Waals surface area contributed by atoms with Crippen LogP contribution in [0, 0.1) is 0 Å². The van der Waals surface area contributed by atoms with E-state index in [9.17, 15) is 9.59 Å². The molecule has 2 aromatic rings. The molecular formula is C19H18ClNO4. The minimum Gasteiger partial charge on any atom is -0.497 e. The highest BCUT2D eigenvalue weighted by Crippen LogP contribution is 2.12. The molecule has 25 heavy (non-hydrogen) atoms. The van der Waals surface area contributed by atoms with Gasteiger partial charge in [-0.25, -0.2) is 4.79 Å². The SMILES string of the molecule is COc1ccc(/C=C/C(=O)OCC(=O)NCc2cccc(Cl)c2)cc1. The molecule has 0 radical (unpaired) electrons. The predicted molar refractivity (Wildman–Crippen MR) is 96.3 cm³/mol. The first-order valence-electron chi connectivity index (χ1n) is 7.57. The lowest BCUT2D eigenvalue weighted by Gasteiger charge is -2.06. The summed E-state index contributed by atoms with van der Waals surface area (Å²) in [5.74, 6) is -0.240. The molecule has 1 N–H and O–H groups in total. The fraction of sp³-hybridized carbons (Fsp3) is 0.158. The van der Waals surface area contributed by atoms with Gasteiger partial charge in [0, 0.05) is 17.6 Å². The van der Waals surface area contributed by atoms with Crippen molar-refractivity contribution in [1.29, 1.82) is 0 Å². The summed E-state index contributed by atoms with van der Waals surface area (Å²) in [6, 6.07) is 14.3. The molecule has 0 unspecified atom stereocenters. The van der Waals surface area contributed by atoms with E-state index in [1.807, 2.05) is 6.07 Å². The first kappa shape index (κ1) is 18.5. The van der Waals surface area contributed by atoms with Crippen LogP contribution in [0.2, 0.25) is 5.02 Å². The number of methoxy groups -OCH3 is 1. The van der Waals surface area contributed by atoms with Gasteiger partial charge in [-0.3, -0.25) is 4.79 Å². The molecule has 0 saturated heterocycles. The molecule has 6 heteroatoms. The van der Waals surface area contributed by atoms with Crippen LogP contribution in [0.25, 0.3) is 6.08 Å². The van der Waals surface area contributed by atoms with Crippen molar-refractivity contribution in [2.45, 2.75) is 6.54 Å². The second-order valence-electron chi connectivity index (χ2n) is 5.12. The molecule has 5 nitrogen and oxygen atoms in total. The van der Waals surface area contributed by atoms with E-state index >= 15 is 0 Å². The van der Waals surface area contributed by atoms with Crippen LogP contribution in [0.4, 0.5) is 0 Å². The number of amides is 1. The number of rotatable bonds is 7. The molecule has 0 fully saturated rings. The third kappa shape index (κ3) is 6.69. The lowest BCUT2D eigenvalue weighted by Crippen LogP contribution is -2.28. The van der Waals surface area contributed by atoms with Crippen molar-refractivity contribution in [1.82, 2.24) is 5.32 Å². The second kappa shape index (κ2) is 9.49. The number of benzene rings is 2. The van der Waals surface area contributed by atoms with Crippen LogP contribution < -0.4 is 10.1 Å². The standard InChI is InChI=1S/C19H18ClNO4/c1-24-17-8-5-14(6-9-17)7-10-19(23)25-13-18(22)21-12-15-3-2-4-16(20)11-15/h2-11H,12-13H2,1H3,(H,21,22)/b10-7+. The molecule has 0 saturated carbocycles. The van der Waals surface area contributed by atoms with Crippen molar-refractivity contribution in [3.63, 3.8) is 0 Å². The maximum Gasteiger partial charge on any atom is 0.331 e. The highest BCUT2D eigenvalue weighted by Gasteiger charge is 2.05. The molecule has 0 aliphatic carbocycles. The smallest absolute Gasteiger partial charge is 0.331 e. The van der Waals surface area contributed by atoms with Crippen molar-refractivity contribution >= 4 is 29.6 Å². The lowest BCUT2D eigenvalue weighted by atomic mass is 10.2. The third-order valence-corrected chi connectivity index (χ3v) is 3.49. The highest BCUT2D eigenvalue weighted by atomic mass is 35.5. The number of halogens is 1. The minimum absolute atomic E-state index is 0.318. The molecule has 130 valence electrons. The Morgan fingerprint density at radius 2 is 1.92 bits per heavy atom. The van der Waals surface area contributed by atoms with Gasteiger partial charge in [0.1, 0.15) is 5.75 Å². The van der Waals surface area contributed by atoms with Gasteiger partial charge in [-0.15, -0.1) is 0 Å². The van der Waals surface area contributed by atoms with Crippen LogP contribution in [0.3, 0.4) is 0 Å². The fourth-order valence-corrected chi connectivity index (χ4v) is 2.18. The van der Waals surface area contributed by atoms with Crippen LogP contribution in [0.15, 0.2) is 54.6 Å². The number of hydrogen-bond donors (Lipinski definition) is 1. The number of hydrogen-bond acceptors (Lipinski definition) is 4. The summed E-state index contributed by atoms with van der Waals surface area (Å²) in [4.78, 5) is 23.3. The minimum atomic E-state index is -0.589. The Bertz CT molecular complexity index is 756. The maximum absolute atomic E-state index is 11.7. The fourth-order valence-electron chi connectivity index (χ4n) is 1.96. The Kier molecular flexibility index (Phi) is 7.04. The Balaban J connectivity index is 1.73. The van der Waals surface area contributed by atoms with Gasteiger partial charge in [0.2, 0.25) is 0 Å². The Labute approximate surface area is 151 Å². The Hall–Kier alpha value is -2.79. The van der Waals surface area contributed by atoms with Crippen molar-refractivity contribution in [3.05, 3.63) is 70.8 Å². The number of nitrogens with one attached hydrogen (secondary N) is 1. The van der Waals surface area contributed by atoms with Gasteiger partial charge in [0.15, 0.2) is 6.61 Å². The normalized spacial score (nSPS) is 10.5. The molecule has 2 aromatic carbocycles. The summed E-state index contributed by atoms with van der Waals surface area (Å²) in [5, 5.41) is 3.25. The molecule has 0 atom stereocenters. The first-order chi connectivity index (χ1) is 12.1. The summed E-state index contributed by atoms with van der Waals surface area (Å²) in [6.07, 6.45) is 2.87. The zero-order valence-corrected chi connectivity index (χ0v) is 14.5. The molecule has 0 aliphatic rings. The predicted octanol–water partition coefficient (Wildman–Crippen LogP) is 3.22. The van der Waals surface area contributed by atoms with E-state index in [2.05, 4.69) is 5.32 Å². The van der Waals surface area contributed by atoms with Crippen LogP contribution in [-0.2, 0) is 20.9 Å². The van der Waals surface area contributed by atoms with Crippen molar-refractivity contribution in [2.75, 3.05) is 13.7 Å². The molecule has 0 bridgehead atoms. The van der Waals surface area contributed by atoms with E-state index in [0.29, 0.717) is 11.6 Å². The quantitative estimate of drug-likeness (QED) is 0.609. The zero-order chi connectivity index (χ0) is 18.1. The van der Waals surface area contributed by atoms with Crippen LogP contribution in [0.5, 0.6) is 5.75 Å². The number of carbonyl (C=O) groups is 2. The van der Waals surface area contributed by atoms with Gasteiger partial charge in [-0.2, -0.15) is 0 Å².